The van der Waals surface area contributed by atoms with Crippen LogP contribution in [0.4, 0.5) is 0 Å². The Balaban J connectivity index is 2.28. The van der Waals surface area contributed by atoms with Crippen molar-refractivity contribution in [1.82, 2.24) is 5.32 Å². The largest absolute Gasteiger partial charge is 0.493 e. The Morgan fingerprint density at radius 3 is 2.54 bits per heavy atom. The van der Waals surface area contributed by atoms with E-state index in [1.807, 2.05) is 13.1 Å². The van der Waals surface area contributed by atoms with Crippen LogP contribution < -0.4 is 14.8 Å². The molecular formula is C19H29NO4. The number of rotatable bonds is 9. The van der Waals surface area contributed by atoms with Gasteiger partial charge in [0.25, 0.3) is 0 Å². The van der Waals surface area contributed by atoms with Crippen molar-refractivity contribution in [2.75, 3.05) is 41.7 Å². The van der Waals surface area contributed by atoms with E-state index in [0.29, 0.717) is 6.79 Å². The third-order valence-electron chi connectivity index (χ3n) is 4.68. The summed E-state index contributed by atoms with van der Waals surface area (Å²) in [4.78, 5) is 0. The third-order valence-corrected chi connectivity index (χ3v) is 4.68. The van der Waals surface area contributed by atoms with Crippen LogP contribution in [0.15, 0.2) is 30.4 Å². The summed E-state index contributed by atoms with van der Waals surface area (Å²) >= 11 is 0. The molecule has 0 aliphatic heterocycles. The summed E-state index contributed by atoms with van der Waals surface area (Å²) < 4.78 is 21.5. The summed E-state index contributed by atoms with van der Waals surface area (Å²) in [5, 5.41) is 3.27. The van der Waals surface area contributed by atoms with E-state index in [0.717, 1.165) is 37.3 Å². The first-order valence-corrected chi connectivity index (χ1v) is 8.36. The van der Waals surface area contributed by atoms with Gasteiger partial charge in [0, 0.05) is 12.5 Å². The molecule has 134 valence electrons. The average molecular weight is 335 g/mol. The SMILES string of the molecule is CNCC[C@@]1(c2ccc(OC)c(OC)c2)C=C[C@H](OCOC)CC1. The molecule has 0 spiro atoms. The van der Waals surface area contributed by atoms with Gasteiger partial charge in [0.2, 0.25) is 0 Å². The summed E-state index contributed by atoms with van der Waals surface area (Å²) in [5.41, 5.74) is 1.23. The molecule has 5 heteroatoms. The van der Waals surface area contributed by atoms with Gasteiger partial charge in [-0.3, -0.25) is 0 Å². The van der Waals surface area contributed by atoms with Crippen molar-refractivity contribution in [3.8, 4) is 11.5 Å². The molecule has 0 radical (unpaired) electrons. The van der Waals surface area contributed by atoms with E-state index in [9.17, 15) is 0 Å². The van der Waals surface area contributed by atoms with Crippen LogP contribution >= 0.6 is 0 Å². The van der Waals surface area contributed by atoms with Crippen molar-refractivity contribution in [1.29, 1.82) is 0 Å². The van der Waals surface area contributed by atoms with Gasteiger partial charge < -0.3 is 24.3 Å². The number of hydrogen-bond acceptors (Lipinski definition) is 5. The van der Waals surface area contributed by atoms with E-state index in [1.54, 1.807) is 21.3 Å². The maximum Gasteiger partial charge on any atom is 0.161 e. The van der Waals surface area contributed by atoms with E-state index in [-0.39, 0.29) is 11.5 Å². The van der Waals surface area contributed by atoms with Crippen molar-refractivity contribution in [3.63, 3.8) is 0 Å². The van der Waals surface area contributed by atoms with Crippen molar-refractivity contribution >= 4 is 0 Å². The van der Waals surface area contributed by atoms with E-state index in [1.165, 1.54) is 5.56 Å². The first-order chi connectivity index (χ1) is 11.7. The summed E-state index contributed by atoms with van der Waals surface area (Å²) in [7, 11) is 6.96. The summed E-state index contributed by atoms with van der Waals surface area (Å²) in [6, 6.07) is 6.21. The van der Waals surface area contributed by atoms with Crippen molar-refractivity contribution in [3.05, 3.63) is 35.9 Å². The predicted molar refractivity (Wildman–Crippen MR) is 94.9 cm³/mol. The van der Waals surface area contributed by atoms with Crippen molar-refractivity contribution in [2.45, 2.75) is 30.8 Å². The summed E-state index contributed by atoms with van der Waals surface area (Å²) in [5.74, 6) is 1.52. The van der Waals surface area contributed by atoms with Crippen LogP contribution in [0.3, 0.4) is 0 Å². The molecular weight excluding hydrogens is 306 g/mol. The fraction of sp³-hybridized carbons (Fsp3) is 0.579. The topological polar surface area (TPSA) is 49.0 Å². The number of benzene rings is 1. The fourth-order valence-electron chi connectivity index (χ4n) is 3.25. The Labute approximate surface area is 144 Å². The molecule has 1 aromatic carbocycles. The van der Waals surface area contributed by atoms with Crippen LogP contribution in [-0.4, -0.2) is 47.8 Å². The maximum atomic E-state index is 5.68. The highest BCUT2D eigenvalue weighted by molar-refractivity contribution is 5.47. The lowest BCUT2D eigenvalue weighted by molar-refractivity contribution is -0.0609. The number of allylic oxidation sites excluding steroid dienone is 1. The second kappa shape index (κ2) is 9.06. The second-order valence-corrected chi connectivity index (χ2v) is 6.09. The van der Waals surface area contributed by atoms with Crippen LogP contribution in [0.5, 0.6) is 11.5 Å². The van der Waals surface area contributed by atoms with E-state index >= 15 is 0 Å². The first kappa shape index (κ1) is 18.8. The van der Waals surface area contributed by atoms with Crippen molar-refractivity contribution < 1.29 is 18.9 Å². The first-order valence-electron chi connectivity index (χ1n) is 8.36. The minimum atomic E-state index is -0.0184. The minimum absolute atomic E-state index is 0.0184. The molecule has 2 atom stereocenters. The van der Waals surface area contributed by atoms with Gasteiger partial charge in [-0.05, 0) is 50.6 Å². The molecule has 2 rings (SSSR count). The van der Waals surface area contributed by atoms with Crippen LogP contribution in [0.2, 0.25) is 0 Å². The minimum Gasteiger partial charge on any atom is -0.493 e. The zero-order valence-corrected chi connectivity index (χ0v) is 15.1. The summed E-state index contributed by atoms with van der Waals surface area (Å²) in [6.45, 7) is 1.27. The van der Waals surface area contributed by atoms with Crippen molar-refractivity contribution in [2.24, 2.45) is 0 Å². The van der Waals surface area contributed by atoms with Gasteiger partial charge in [0.05, 0.1) is 20.3 Å². The Morgan fingerprint density at radius 2 is 1.96 bits per heavy atom. The molecule has 1 aromatic rings. The Hall–Kier alpha value is -1.56. The lowest BCUT2D eigenvalue weighted by atomic mass is 9.70. The fourth-order valence-corrected chi connectivity index (χ4v) is 3.25. The van der Waals surface area contributed by atoms with Gasteiger partial charge in [-0.15, -0.1) is 0 Å². The maximum absolute atomic E-state index is 5.68. The third kappa shape index (κ3) is 4.29. The molecule has 0 saturated carbocycles. The summed E-state index contributed by atoms with van der Waals surface area (Å²) in [6.07, 6.45) is 7.58. The zero-order valence-electron chi connectivity index (χ0n) is 15.1. The Bertz CT molecular complexity index is 546. The van der Waals surface area contributed by atoms with Crippen LogP contribution in [0, 0.1) is 0 Å². The van der Waals surface area contributed by atoms with Gasteiger partial charge in [-0.25, -0.2) is 0 Å². The van der Waals surface area contributed by atoms with Gasteiger partial charge >= 0.3 is 0 Å². The monoisotopic (exact) mass is 335 g/mol. The lowest BCUT2D eigenvalue weighted by Crippen LogP contribution is -2.33. The average Bonchev–Trinajstić information content (AvgIpc) is 2.65. The molecule has 0 fully saturated rings. The number of ether oxygens (including phenoxy) is 4. The lowest BCUT2D eigenvalue weighted by Gasteiger charge is -2.36. The molecule has 1 aliphatic carbocycles. The standard InChI is InChI=1S/C19H29NO4/c1-20-12-11-19(9-7-16(8-10-19)24-14-21-2)15-5-6-17(22-3)18(13-15)23-4/h5-7,9,13,16,20H,8,10-12,14H2,1-4H3/t16-,19+/m0/s1. The van der Waals surface area contributed by atoms with Gasteiger partial charge in [-0.2, -0.15) is 0 Å². The Morgan fingerprint density at radius 1 is 1.17 bits per heavy atom. The molecule has 0 saturated heterocycles. The highest BCUT2D eigenvalue weighted by Crippen LogP contribution is 2.41. The molecule has 0 aromatic heterocycles. The normalized spacial score (nSPS) is 23.2. The molecule has 0 amide bonds. The van der Waals surface area contributed by atoms with Gasteiger partial charge in [-0.1, -0.05) is 18.2 Å². The quantitative estimate of drug-likeness (QED) is 0.555. The Kier molecular flexibility index (Phi) is 7.09. The van der Waals surface area contributed by atoms with Crippen LogP contribution in [0.25, 0.3) is 0 Å². The highest BCUT2D eigenvalue weighted by Gasteiger charge is 2.33. The molecule has 5 nitrogen and oxygen atoms in total. The number of methoxy groups -OCH3 is 3. The van der Waals surface area contributed by atoms with E-state index in [4.69, 9.17) is 18.9 Å². The highest BCUT2D eigenvalue weighted by atomic mass is 16.7. The number of hydrogen-bond donors (Lipinski definition) is 1. The second-order valence-electron chi connectivity index (χ2n) is 6.09. The van der Waals surface area contributed by atoms with E-state index in [2.05, 4.69) is 29.6 Å². The van der Waals surface area contributed by atoms with Gasteiger partial charge in [0.15, 0.2) is 11.5 Å². The molecule has 1 N–H and O–H groups in total. The molecule has 24 heavy (non-hydrogen) atoms. The van der Waals surface area contributed by atoms with E-state index < -0.39 is 0 Å². The van der Waals surface area contributed by atoms with Crippen LogP contribution in [-0.2, 0) is 14.9 Å². The number of nitrogens with one attached hydrogen (secondary N) is 1. The molecule has 1 aliphatic rings. The predicted octanol–water partition coefficient (Wildman–Crippen LogP) is 2.89. The zero-order chi connectivity index (χ0) is 17.4. The molecule has 0 heterocycles. The molecule has 0 bridgehead atoms. The van der Waals surface area contributed by atoms with Gasteiger partial charge in [0.1, 0.15) is 6.79 Å². The van der Waals surface area contributed by atoms with Crippen LogP contribution in [0.1, 0.15) is 24.8 Å². The smallest absolute Gasteiger partial charge is 0.161 e. The molecule has 0 unspecified atom stereocenters.